The molecule has 0 unspecified atom stereocenters. The minimum atomic E-state index is -4.13. The van der Waals surface area contributed by atoms with E-state index in [4.69, 9.17) is 0 Å². The predicted octanol–water partition coefficient (Wildman–Crippen LogP) is 5.10. The smallest absolute Gasteiger partial charge is 0.267 e. The summed E-state index contributed by atoms with van der Waals surface area (Å²) in [4.78, 5) is 0.00981. The SMILES string of the molecule is O=S(=O)(c1ccc(Br)cc1)c1c(C(F)F)c2ccccc2n1C1CCNCC1. The third-order valence-electron chi connectivity index (χ3n) is 5.17. The Bertz CT molecular complexity index is 1110. The van der Waals surface area contributed by atoms with Gasteiger partial charge < -0.3 is 9.88 Å². The average Bonchev–Trinajstić information content (AvgIpc) is 3.05. The number of hydrogen-bond acceptors (Lipinski definition) is 3. The van der Waals surface area contributed by atoms with Crippen LogP contribution in [-0.2, 0) is 9.84 Å². The molecule has 0 amide bonds. The van der Waals surface area contributed by atoms with Gasteiger partial charge in [0.05, 0.1) is 10.5 Å². The van der Waals surface area contributed by atoms with E-state index < -0.39 is 21.8 Å². The van der Waals surface area contributed by atoms with Gasteiger partial charge in [-0.25, -0.2) is 17.2 Å². The van der Waals surface area contributed by atoms with Crippen LogP contribution in [0.15, 0.2) is 62.9 Å². The largest absolute Gasteiger partial charge is 0.328 e. The summed E-state index contributed by atoms with van der Waals surface area (Å²) in [6.07, 6.45) is -1.53. The summed E-state index contributed by atoms with van der Waals surface area (Å²) >= 11 is 3.28. The molecular formula is C20H19BrF2N2O2S. The Labute approximate surface area is 170 Å². The molecule has 2 aromatic carbocycles. The predicted molar refractivity (Wildman–Crippen MR) is 108 cm³/mol. The fraction of sp³-hybridized carbons (Fsp3) is 0.300. The number of rotatable bonds is 4. The van der Waals surface area contributed by atoms with Gasteiger partial charge in [-0.3, -0.25) is 0 Å². The van der Waals surface area contributed by atoms with Gasteiger partial charge in [0.1, 0.15) is 5.03 Å². The standard InChI is InChI=1S/C20H19BrF2N2O2S/c21-13-5-7-15(8-6-13)28(26,27)20-18(19(22)23)16-3-1-2-4-17(16)25(20)14-9-11-24-12-10-14/h1-8,14,19,24H,9-12H2. The number of halogens is 3. The second-order valence-corrected chi connectivity index (χ2v) is 9.63. The van der Waals surface area contributed by atoms with Gasteiger partial charge in [0.15, 0.2) is 0 Å². The first-order chi connectivity index (χ1) is 13.4. The van der Waals surface area contributed by atoms with Gasteiger partial charge in [-0.2, -0.15) is 0 Å². The van der Waals surface area contributed by atoms with E-state index in [0.29, 0.717) is 23.7 Å². The first kappa shape index (κ1) is 19.5. The first-order valence-electron chi connectivity index (χ1n) is 9.03. The molecular weight excluding hydrogens is 450 g/mol. The maximum atomic E-state index is 14.2. The zero-order chi connectivity index (χ0) is 19.9. The van der Waals surface area contributed by atoms with Crippen molar-refractivity contribution in [2.45, 2.75) is 35.2 Å². The van der Waals surface area contributed by atoms with Gasteiger partial charge in [0.25, 0.3) is 6.43 Å². The molecule has 1 N–H and O–H groups in total. The lowest BCUT2D eigenvalue weighted by Crippen LogP contribution is -2.30. The Morgan fingerprint density at radius 1 is 1.04 bits per heavy atom. The third-order valence-corrected chi connectivity index (χ3v) is 7.52. The van der Waals surface area contributed by atoms with Crippen LogP contribution in [0.4, 0.5) is 8.78 Å². The summed E-state index contributed by atoms with van der Waals surface area (Å²) in [7, 11) is -4.13. The van der Waals surface area contributed by atoms with Crippen molar-refractivity contribution in [3.63, 3.8) is 0 Å². The monoisotopic (exact) mass is 468 g/mol. The van der Waals surface area contributed by atoms with Gasteiger partial charge in [-0.15, -0.1) is 0 Å². The molecule has 0 aliphatic carbocycles. The molecule has 148 valence electrons. The minimum absolute atomic E-state index is 0.00981. The van der Waals surface area contributed by atoms with E-state index in [1.165, 1.54) is 12.1 Å². The number of nitrogens with zero attached hydrogens (tertiary/aromatic N) is 1. The summed E-state index contributed by atoms with van der Waals surface area (Å²) in [6.45, 7) is 1.44. The Balaban J connectivity index is 2.05. The number of fused-ring (bicyclic) bond motifs is 1. The molecule has 0 saturated carbocycles. The highest BCUT2D eigenvalue weighted by Crippen LogP contribution is 2.42. The molecule has 2 heterocycles. The van der Waals surface area contributed by atoms with Crippen LogP contribution in [0, 0.1) is 0 Å². The molecule has 0 atom stereocenters. The summed E-state index contributed by atoms with van der Waals surface area (Å²) < 4.78 is 57.7. The fourth-order valence-electron chi connectivity index (χ4n) is 3.90. The Kier molecular flexibility index (Phi) is 5.28. The van der Waals surface area contributed by atoms with E-state index in [1.54, 1.807) is 41.0 Å². The number of para-hydroxylation sites is 1. The van der Waals surface area contributed by atoms with E-state index >= 15 is 0 Å². The lowest BCUT2D eigenvalue weighted by atomic mass is 10.1. The summed E-state index contributed by atoms with van der Waals surface area (Å²) in [6, 6.07) is 12.7. The zero-order valence-electron chi connectivity index (χ0n) is 14.9. The number of piperidine rings is 1. The van der Waals surface area contributed by atoms with Gasteiger partial charge in [0, 0.05) is 21.4 Å². The van der Waals surface area contributed by atoms with Gasteiger partial charge >= 0.3 is 0 Å². The van der Waals surface area contributed by atoms with Crippen LogP contribution in [-0.4, -0.2) is 26.1 Å². The minimum Gasteiger partial charge on any atom is -0.328 e. The van der Waals surface area contributed by atoms with Crippen molar-refractivity contribution in [1.82, 2.24) is 9.88 Å². The van der Waals surface area contributed by atoms with E-state index in [9.17, 15) is 17.2 Å². The lowest BCUT2D eigenvalue weighted by Gasteiger charge is -2.27. The molecule has 1 fully saturated rings. The summed E-state index contributed by atoms with van der Waals surface area (Å²) in [5, 5.41) is 3.26. The number of sulfone groups is 1. The first-order valence-corrected chi connectivity index (χ1v) is 11.3. The van der Waals surface area contributed by atoms with Crippen molar-refractivity contribution in [2.24, 2.45) is 0 Å². The molecule has 1 aromatic heterocycles. The van der Waals surface area contributed by atoms with Crippen LogP contribution in [0.5, 0.6) is 0 Å². The van der Waals surface area contributed by atoms with E-state index in [0.717, 1.165) is 17.6 Å². The Morgan fingerprint density at radius 2 is 1.68 bits per heavy atom. The highest BCUT2D eigenvalue weighted by Gasteiger charge is 2.35. The topological polar surface area (TPSA) is 51.1 Å². The second-order valence-electron chi connectivity index (χ2n) is 6.85. The summed E-state index contributed by atoms with van der Waals surface area (Å²) in [5.41, 5.74) is 0.137. The molecule has 1 aliphatic rings. The highest BCUT2D eigenvalue weighted by molar-refractivity contribution is 9.10. The van der Waals surface area contributed by atoms with Crippen molar-refractivity contribution in [2.75, 3.05) is 13.1 Å². The molecule has 0 bridgehead atoms. The molecule has 4 nitrogen and oxygen atoms in total. The normalized spacial score (nSPS) is 16.1. The van der Waals surface area contributed by atoms with Crippen molar-refractivity contribution in [3.8, 4) is 0 Å². The van der Waals surface area contributed by atoms with Gasteiger partial charge in [0.2, 0.25) is 9.84 Å². The van der Waals surface area contributed by atoms with Gasteiger partial charge in [-0.05, 0) is 56.3 Å². The van der Waals surface area contributed by atoms with Crippen molar-refractivity contribution < 1.29 is 17.2 Å². The van der Waals surface area contributed by atoms with Crippen molar-refractivity contribution in [3.05, 3.63) is 58.6 Å². The van der Waals surface area contributed by atoms with E-state index in [2.05, 4.69) is 21.2 Å². The molecule has 1 aliphatic heterocycles. The number of nitrogens with one attached hydrogen (secondary N) is 1. The second kappa shape index (κ2) is 7.57. The zero-order valence-corrected chi connectivity index (χ0v) is 17.3. The molecule has 28 heavy (non-hydrogen) atoms. The fourth-order valence-corrected chi connectivity index (χ4v) is 5.88. The summed E-state index contributed by atoms with van der Waals surface area (Å²) in [5.74, 6) is 0. The highest BCUT2D eigenvalue weighted by atomic mass is 79.9. The van der Waals surface area contributed by atoms with E-state index in [1.807, 2.05) is 0 Å². The van der Waals surface area contributed by atoms with Crippen LogP contribution in [0.2, 0.25) is 0 Å². The number of alkyl halides is 2. The van der Waals surface area contributed by atoms with Crippen molar-refractivity contribution in [1.29, 1.82) is 0 Å². The van der Waals surface area contributed by atoms with Crippen LogP contribution < -0.4 is 5.32 Å². The maximum Gasteiger partial charge on any atom is 0.267 e. The van der Waals surface area contributed by atoms with Gasteiger partial charge in [-0.1, -0.05) is 34.1 Å². The number of aromatic nitrogens is 1. The lowest BCUT2D eigenvalue weighted by molar-refractivity contribution is 0.148. The average molecular weight is 469 g/mol. The van der Waals surface area contributed by atoms with E-state index in [-0.39, 0.29) is 16.0 Å². The molecule has 1 saturated heterocycles. The van der Waals surface area contributed by atoms with Crippen LogP contribution in [0.1, 0.15) is 30.9 Å². The van der Waals surface area contributed by atoms with Crippen LogP contribution in [0.25, 0.3) is 10.9 Å². The van der Waals surface area contributed by atoms with Crippen molar-refractivity contribution >= 4 is 36.7 Å². The quantitative estimate of drug-likeness (QED) is 0.579. The number of hydrogen-bond donors (Lipinski definition) is 1. The Morgan fingerprint density at radius 3 is 2.32 bits per heavy atom. The molecule has 0 spiro atoms. The molecule has 4 rings (SSSR count). The molecule has 0 radical (unpaired) electrons. The molecule has 3 aromatic rings. The maximum absolute atomic E-state index is 14.2. The third kappa shape index (κ3) is 3.27. The number of benzene rings is 2. The van der Waals surface area contributed by atoms with Crippen LogP contribution >= 0.6 is 15.9 Å². The Hall–Kier alpha value is -1.77. The van der Waals surface area contributed by atoms with Crippen LogP contribution in [0.3, 0.4) is 0 Å². The molecule has 8 heteroatoms.